The molecule has 4 nitrogen and oxygen atoms in total. The molecule has 1 aromatic rings. The fraction of sp³-hybridized carbons (Fsp3) is 0.571. The first kappa shape index (κ1) is 14.3. The molecular weight excluding hydrogens is 264 g/mol. The number of benzene rings is 1. The lowest BCUT2D eigenvalue weighted by Crippen LogP contribution is -2.28. The molecule has 0 spiro atoms. The van der Waals surface area contributed by atoms with Gasteiger partial charge in [0.15, 0.2) is 0 Å². The summed E-state index contributed by atoms with van der Waals surface area (Å²) in [6.45, 7) is 0. The standard InChI is InChI=1S/C14H20O4S/c1-17-13-9-5-3-7-11(13)12-8-4-6-10-14(12)18-19(2,15)16/h3,5,7,9,12,14H,4,6,8,10H2,1-2H3/t12-,14+/m0/s1. The van der Waals surface area contributed by atoms with Crippen LogP contribution in [0.1, 0.15) is 37.2 Å². The van der Waals surface area contributed by atoms with Gasteiger partial charge in [0.2, 0.25) is 0 Å². The summed E-state index contributed by atoms with van der Waals surface area (Å²) in [4.78, 5) is 0. The molecule has 0 radical (unpaired) electrons. The summed E-state index contributed by atoms with van der Waals surface area (Å²) in [5.74, 6) is 0.885. The molecule has 2 atom stereocenters. The van der Waals surface area contributed by atoms with E-state index in [-0.39, 0.29) is 12.0 Å². The third-order valence-corrected chi connectivity index (χ3v) is 4.14. The van der Waals surface area contributed by atoms with Gasteiger partial charge in [-0.3, -0.25) is 4.18 Å². The van der Waals surface area contributed by atoms with Crippen molar-refractivity contribution >= 4 is 10.1 Å². The van der Waals surface area contributed by atoms with E-state index in [0.29, 0.717) is 0 Å². The van der Waals surface area contributed by atoms with Crippen LogP contribution in [-0.2, 0) is 14.3 Å². The summed E-state index contributed by atoms with van der Waals surface area (Å²) < 4.78 is 33.4. The lowest BCUT2D eigenvalue weighted by molar-refractivity contribution is 0.137. The Morgan fingerprint density at radius 3 is 2.53 bits per heavy atom. The van der Waals surface area contributed by atoms with Crippen molar-refractivity contribution in [1.82, 2.24) is 0 Å². The quantitative estimate of drug-likeness (QED) is 0.798. The Kier molecular flexibility index (Phi) is 4.47. The average Bonchev–Trinajstić information content (AvgIpc) is 2.37. The predicted molar refractivity (Wildman–Crippen MR) is 73.9 cm³/mol. The summed E-state index contributed by atoms with van der Waals surface area (Å²) in [6.07, 6.45) is 4.63. The highest BCUT2D eigenvalue weighted by molar-refractivity contribution is 7.86. The van der Waals surface area contributed by atoms with Gasteiger partial charge in [0, 0.05) is 5.92 Å². The summed E-state index contributed by atoms with van der Waals surface area (Å²) in [6, 6.07) is 7.76. The fourth-order valence-electron chi connectivity index (χ4n) is 2.77. The molecule has 5 heteroatoms. The summed E-state index contributed by atoms with van der Waals surface area (Å²) in [5, 5.41) is 0. The van der Waals surface area contributed by atoms with Gasteiger partial charge in [0.25, 0.3) is 10.1 Å². The first-order valence-corrected chi connectivity index (χ1v) is 8.34. The molecule has 0 unspecified atom stereocenters. The van der Waals surface area contributed by atoms with E-state index in [2.05, 4.69) is 0 Å². The van der Waals surface area contributed by atoms with Crippen molar-refractivity contribution in [1.29, 1.82) is 0 Å². The fourth-order valence-corrected chi connectivity index (χ4v) is 3.44. The Morgan fingerprint density at radius 2 is 1.84 bits per heavy atom. The predicted octanol–water partition coefficient (Wildman–Crippen LogP) is 2.70. The van der Waals surface area contributed by atoms with Gasteiger partial charge < -0.3 is 4.74 Å². The Hall–Kier alpha value is -1.07. The van der Waals surface area contributed by atoms with Crippen molar-refractivity contribution in [3.05, 3.63) is 29.8 Å². The monoisotopic (exact) mass is 284 g/mol. The Morgan fingerprint density at radius 1 is 1.16 bits per heavy atom. The van der Waals surface area contributed by atoms with Gasteiger partial charge >= 0.3 is 0 Å². The van der Waals surface area contributed by atoms with E-state index in [9.17, 15) is 8.42 Å². The minimum Gasteiger partial charge on any atom is -0.496 e. The van der Waals surface area contributed by atoms with E-state index < -0.39 is 10.1 Å². The van der Waals surface area contributed by atoms with Crippen LogP contribution >= 0.6 is 0 Å². The minimum absolute atomic E-state index is 0.0830. The van der Waals surface area contributed by atoms with Crippen LogP contribution in [0.5, 0.6) is 5.75 Å². The maximum absolute atomic E-state index is 11.4. The van der Waals surface area contributed by atoms with Crippen molar-refractivity contribution in [3.63, 3.8) is 0 Å². The Labute approximate surface area is 114 Å². The van der Waals surface area contributed by atoms with E-state index in [4.69, 9.17) is 8.92 Å². The van der Waals surface area contributed by atoms with Crippen LogP contribution in [0.2, 0.25) is 0 Å². The molecule has 106 valence electrons. The van der Waals surface area contributed by atoms with Gasteiger partial charge in [-0.15, -0.1) is 0 Å². The van der Waals surface area contributed by atoms with Crippen LogP contribution < -0.4 is 4.74 Å². The maximum Gasteiger partial charge on any atom is 0.264 e. The lowest BCUT2D eigenvalue weighted by atomic mass is 9.81. The van der Waals surface area contributed by atoms with E-state index in [1.165, 1.54) is 0 Å². The molecule has 1 aliphatic carbocycles. The molecule has 1 aromatic carbocycles. The summed E-state index contributed by atoms with van der Waals surface area (Å²) >= 11 is 0. The molecule has 1 aliphatic rings. The molecule has 2 rings (SSSR count). The molecular formula is C14H20O4S. The van der Waals surface area contributed by atoms with Gasteiger partial charge in [-0.2, -0.15) is 8.42 Å². The second-order valence-corrected chi connectivity index (χ2v) is 6.57. The highest BCUT2D eigenvalue weighted by Gasteiger charge is 2.31. The average molecular weight is 284 g/mol. The van der Waals surface area contributed by atoms with Crippen molar-refractivity contribution in [2.45, 2.75) is 37.7 Å². The number of hydrogen-bond donors (Lipinski definition) is 0. The van der Waals surface area contributed by atoms with E-state index >= 15 is 0 Å². The molecule has 0 aliphatic heterocycles. The summed E-state index contributed by atoms with van der Waals surface area (Å²) in [7, 11) is -1.79. The SMILES string of the molecule is COc1ccccc1[C@@H]1CCCC[C@H]1OS(C)(=O)=O. The number of rotatable bonds is 4. The van der Waals surface area contributed by atoms with Gasteiger partial charge in [-0.25, -0.2) is 0 Å². The molecule has 0 heterocycles. The molecule has 1 fully saturated rings. The van der Waals surface area contributed by atoms with Crippen LogP contribution in [0.3, 0.4) is 0 Å². The van der Waals surface area contributed by atoms with Crippen molar-refractivity contribution < 1.29 is 17.3 Å². The molecule has 0 saturated heterocycles. The number of methoxy groups -OCH3 is 1. The van der Waals surface area contributed by atoms with Crippen LogP contribution in [-0.4, -0.2) is 27.9 Å². The number of ether oxygens (including phenoxy) is 1. The first-order valence-electron chi connectivity index (χ1n) is 6.52. The van der Waals surface area contributed by atoms with Crippen molar-refractivity contribution in [3.8, 4) is 5.75 Å². The van der Waals surface area contributed by atoms with Crippen molar-refractivity contribution in [2.75, 3.05) is 13.4 Å². The Bertz CT molecular complexity index is 524. The van der Waals surface area contributed by atoms with Gasteiger partial charge in [-0.1, -0.05) is 31.0 Å². The topological polar surface area (TPSA) is 52.6 Å². The maximum atomic E-state index is 11.4. The zero-order valence-electron chi connectivity index (χ0n) is 11.3. The van der Waals surface area contributed by atoms with E-state index in [0.717, 1.165) is 43.3 Å². The second kappa shape index (κ2) is 5.92. The summed E-state index contributed by atoms with van der Waals surface area (Å²) in [5.41, 5.74) is 1.04. The molecule has 1 saturated carbocycles. The zero-order valence-corrected chi connectivity index (χ0v) is 12.2. The molecule has 0 bridgehead atoms. The highest BCUT2D eigenvalue weighted by atomic mass is 32.2. The largest absolute Gasteiger partial charge is 0.496 e. The third kappa shape index (κ3) is 3.70. The molecule has 0 amide bonds. The van der Waals surface area contributed by atoms with Crippen LogP contribution in [0.15, 0.2) is 24.3 Å². The van der Waals surface area contributed by atoms with E-state index in [1.54, 1.807) is 7.11 Å². The Balaban J connectivity index is 2.28. The molecule has 19 heavy (non-hydrogen) atoms. The molecule has 0 aromatic heterocycles. The molecule has 0 N–H and O–H groups in total. The minimum atomic E-state index is -3.43. The van der Waals surface area contributed by atoms with Gasteiger partial charge in [0.05, 0.1) is 19.5 Å². The lowest BCUT2D eigenvalue weighted by Gasteiger charge is -2.31. The number of para-hydroxylation sites is 1. The zero-order chi connectivity index (χ0) is 13.9. The highest BCUT2D eigenvalue weighted by Crippen LogP contribution is 2.39. The van der Waals surface area contributed by atoms with Crippen molar-refractivity contribution in [2.24, 2.45) is 0 Å². The van der Waals surface area contributed by atoms with Crippen LogP contribution in [0, 0.1) is 0 Å². The third-order valence-electron chi connectivity index (χ3n) is 3.54. The number of hydrogen-bond acceptors (Lipinski definition) is 4. The smallest absolute Gasteiger partial charge is 0.264 e. The second-order valence-electron chi connectivity index (χ2n) is 4.97. The van der Waals surface area contributed by atoms with Crippen LogP contribution in [0.25, 0.3) is 0 Å². The van der Waals surface area contributed by atoms with E-state index in [1.807, 2.05) is 24.3 Å². The first-order chi connectivity index (χ1) is 9.01. The van der Waals surface area contributed by atoms with Gasteiger partial charge in [-0.05, 0) is 24.5 Å². The normalized spacial score (nSPS) is 24.1. The van der Waals surface area contributed by atoms with Gasteiger partial charge in [0.1, 0.15) is 5.75 Å². The van der Waals surface area contributed by atoms with Crippen LogP contribution in [0.4, 0.5) is 0 Å².